The first-order valence-electron chi connectivity index (χ1n) is 8.45. The van der Waals surface area contributed by atoms with Crippen molar-refractivity contribution in [1.82, 2.24) is 10.6 Å². The van der Waals surface area contributed by atoms with E-state index < -0.39 is 0 Å². The Kier molecular flexibility index (Phi) is 3.56. The molecule has 3 nitrogen and oxygen atoms in total. The Morgan fingerprint density at radius 2 is 1.83 bits per heavy atom. The molecule has 0 fully saturated rings. The SMILES string of the molecule is CNC(=O)NC1c2ccccc2CC2CCCc3cccc1c32. The van der Waals surface area contributed by atoms with Crippen molar-refractivity contribution < 1.29 is 4.79 Å². The Morgan fingerprint density at radius 3 is 2.70 bits per heavy atom. The van der Waals surface area contributed by atoms with Crippen LogP contribution in [0.4, 0.5) is 4.79 Å². The van der Waals surface area contributed by atoms with E-state index in [9.17, 15) is 4.79 Å². The van der Waals surface area contributed by atoms with Crippen LogP contribution in [-0.4, -0.2) is 13.1 Å². The maximum atomic E-state index is 12.0. The Hall–Kier alpha value is -2.29. The predicted molar refractivity (Wildman–Crippen MR) is 91.7 cm³/mol. The van der Waals surface area contributed by atoms with Gasteiger partial charge in [0.05, 0.1) is 6.04 Å². The summed E-state index contributed by atoms with van der Waals surface area (Å²) in [5.74, 6) is 0.576. The van der Waals surface area contributed by atoms with Crippen LogP contribution in [0, 0.1) is 0 Å². The number of aryl methyl sites for hydroxylation is 1. The van der Waals surface area contributed by atoms with E-state index in [2.05, 4.69) is 53.1 Å². The zero-order valence-electron chi connectivity index (χ0n) is 13.4. The van der Waals surface area contributed by atoms with Gasteiger partial charge in [-0.2, -0.15) is 0 Å². The van der Waals surface area contributed by atoms with E-state index in [1.165, 1.54) is 40.7 Å². The molecule has 0 aromatic heterocycles. The van der Waals surface area contributed by atoms with Crippen LogP contribution in [0.2, 0.25) is 0 Å². The molecule has 23 heavy (non-hydrogen) atoms. The lowest BCUT2D eigenvalue weighted by atomic mass is 9.78. The maximum Gasteiger partial charge on any atom is 0.315 e. The third-order valence-electron chi connectivity index (χ3n) is 5.28. The molecule has 0 spiro atoms. The van der Waals surface area contributed by atoms with Crippen LogP contribution in [0.1, 0.15) is 52.6 Å². The van der Waals surface area contributed by atoms with E-state index in [-0.39, 0.29) is 12.1 Å². The Morgan fingerprint density at radius 1 is 1.04 bits per heavy atom. The Bertz CT molecular complexity index is 753. The molecule has 0 saturated carbocycles. The molecule has 4 rings (SSSR count). The molecule has 0 bridgehead atoms. The summed E-state index contributed by atoms with van der Waals surface area (Å²) in [6, 6.07) is 15.0. The summed E-state index contributed by atoms with van der Waals surface area (Å²) in [4.78, 5) is 12.0. The average Bonchev–Trinajstić information content (AvgIpc) is 2.72. The van der Waals surface area contributed by atoms with Crippen molar-refractivity contribution >= 4 is 6.03 Å². The first-order valence-corrected chi connectivity index (χ1v) is 8.45. The fraction of sp³-hybridized carbons (Fsp3) is 0.350. The van der Waals surface area contributed by atoms with Gasteiger partial charge in [-0.05, 0) is 59.4 Å². The molecule has 2 aromatic carbocycles. The molecule has 2 unspecified atom stereocenters. The zero-order valence-corrected chi connectivity index (χ0v) is 13.4. The molecular formula is C20H22N2O. The van der Waals surface area contributed by atoms with Crippen LogP contribution in [0.15, 0.2) is 42.5 Å². The maximum absolute atomic E-state index is 12.0. The molecule has 0 saturated heterocycles. The molecule has 2 atom stereocenters. The van der Waals surface area contributed by atoms with Crippen molar-refractivity contribution in [2.45, 2.75) is 37.6 Å². The molecule has 118 valence electrons. The summed E-state index contributed by atoms with van der Waals surface area (Å²) < 4.78 is 0. The van der Waals surface area contributed by atoms with Gasteiger partial charge in [-0.3, -0.25) is 0 Å². The number of fused-ring (bicyclic) bond motifs is 1. The first-order chi connectivity index (χ1) is 11.3. The quantitative estimate of drug-likeness (QED) is 0.829. The summed E-state index contributed by atoms with van der Waals surface area (Å²) in [6.07, 6.45) is 4.73. The summed E-state index contributed by atoms with van der Waals surface area (Å²) in [7, 11) is 1.67. The number of rotatable bonds is 1. The van der Waals surface area contributed by atoms with Gasteiger partial charge in [-0.25, -0.2) is 4.79 Å². The number of hydrogen-bond acceptors (Lipinski definition) is 1. The zero-order chi connectivity index (χ0) is 15.8. The van der Waals surface area contributed by atoms with Crippen LogP contribution < -0.4 is 10.6 Å². The molecule has 0 heterocycles. The van der Waals surface area contributed by atoms with Gasteiger partial charge < -0.3 is 10.6 Å². The number of carbonyl (C=O) groups excluding carboxylic acids is 1. The summed E-state index contributed by atoms with van der Waals surface area (Å²) in [5.41, 5.74) is 6.83. The second-order valence-corrected chi connectivity index (χ2v) is 6.57. The topological polar surface area (TPSA) is 41.1 Å². The minimum atomic E-state index is -0.128. The largest absolute Gasteiger partial charge is 0.341 e. The van der Waals surface area contributed by atoms with Crippen molar-refractivity contribution in [3.05, 3.63) is 70.3 Å². The van der Waals surface area contributed by atoms with Crippen molar-refractivity contribution in [3.63, 3.8) is 0 Å². The third-order valence-corrected chi connectivity index (χ3v) is 5.28. The summed E-state index contributed by atoms with van der Waals surface area (Å²) >= 11 is 0. The van der Waals surface area contributed by atoms with Crippen LogP contribution in [-0.2, 0) is 12.8 Å². The van der Waals surface area contributed by atoms with Gasteiger partial charge in [-0.1, -0.05) is 42.5 Å². The van der Waals surface area contributed by atoms with Crippen molar-refractivity contribution in [2.75, 3.05) is 7.05 Å². The van der Waals surface area contributed by atoms with Gasteiger partial charge in [0.15, 0.2) is 0 Å². The second kappa shape index (κ2) is 5.73. The number of benzene rings is 2. The minimum absolute atomic E-state index is 0.0656. The van der Waals surface area contributed by atoms with Crippen LogP contribution >= 0.6 is 0 Å². The van der Waals surface area contributed by atoms with E-state index in [4.69, 9.17) is 0 Å². The van der Waals surface area contributed by atoms with E-state index >= 15 is 0 Å². The van der Waals surface area contributed by atoms with Gasteiger partial charge in [0, 0.05) is 7.05 Å². The normalized spacial score (nSPS) is 21.6. The van der Waals surface area contributed by atoms with E-state index in [0.29, 0.717) is 5.92 Å². The van der Waals surface area contributed by atoms with Gasteiger partial charge in [0.1, 0.15) is 0 Å². The van der Waals surface area contributed by atoms with Crippen molar-refractivity contribution in [3.8, 4) is 0 Å². The lowest BCUT2D eigenvalue weighted by molar-refractivity contribution is 0.240. The monoisotopic (exact) mass is 306 g/mol. The molecule has 2 aromatic rings. The number of carbonyl (C=O) groups is 1. The lowest BCUT2D eigenvalue weighted by Gasteiger charge is -2.28. The van der Waals surface area contributed by atoms with E-state index in [1.54, 1.807) is 7.05 Å². The van der Waals surface area contributed by atoms with E-state index in [0.717, 1.165) is 12.8 Å². The van der Waals surface area contributed by atoms with Gasteiger partial charge in [0.2, 0.25) is 0 Å². The Labute approximate surface area is 137 Å². The number of urea groups is 1. The highest BCUT2D eigenvalue weighted by molar-refractivity contribution is 5.75. The van der Waals surface area contributed by atoms with Gasteiger partial charge in [-0.15, -0.1) is 0 Å². The second-order valence-electron chi connectivity index (χ2n) is 6.57. The fourth-order valence-electron chi connectivity index (χ4n) is 4.28. The van der Waals surface area contributed by atoms with Gasteiger partial charge >= 0.3 is 6.03 Å². The lowest BCUT2D eigenvalue weighted by Crippen LogP contribution is -2.36. The number of nitrogens with one attached hydrogen (secondary N) is 2. The number of hydrogen-bond donors (Lipinski definition) is 2. The number of amides is 2. The summed E-state index contributed by atoms with van der Waals surface area (Å²) in [5, 5.41) is 5.86. The predicted octanol–water partition coefficient (Wildman–Crippen LogP) is 3.68. The molecule has 0 radical (unpaired) electrons. The smallest absolute Gasteiger partial charge is 0.315 e. The average molecular weight is 306 g/mol. The van der Waals surface area contributed by atoms with Gasteiger partial charge in [0.25, 0.3) is 0 Å². The molecule has 2 amide bonds. The highest BCUT2D eigenvalue weighted by Crippen LogP contribution is 2.43. The molecule has 2 aliphatic carbocycles. The molecule has 2 aliphatic rings. The molecule has 2 N–H and O–H groups in total. The first kappa shape index (κ1) is 14.3. The fourth-order valence-corrected chi connectivity index (χ4v) is 4.28. The van der Waals surface area contributed by atoms with Crippen molar-refractivity contribution in [1.29, 1.82) is 0 Å². The van der Waals surface area contributed by atoms with Crippen LogP contribution in [0.3, 0.4) is 0 Å². The highest BCUT2D eigenvalue weighted by Gasteiger charge is 2.32. The highest BCUT2D eigenvalue weighted by atomic mass is 16.2. The summed E-state index contributed by atoms with van der Waals surface area (Å²) in [6.45, 7) is 0. The molecular weight excluding hydrogens is 284 g/mol. The van der Waals surface area contributed by atoms with E-state index in [1.807, 2.05) is 0 Å². The molecule has 0 aliphatic heterocycles. The third kappa shape index (κ3) is 2.40. The van der Waals surface area contributed by atoms with Crippen LogP contribution in [0.25, 0.3) is 0 Å². The standard InChI is InChI=1S/C20H22N2O/c1-21-20(23)22-19-16-10-3-2-6-14(16)12-15-9-4-7-13-8-5-11-17(19)18(13)15/h2-3,5-6,8,10-11,15,19H,4,7,9,12H2,1H3,(H2,21,22,23). The van der Waals surface area contributed by atoms with Crippen LogP contribution in [0.5, 0.6) is 0 Å². The minimum Gasteiger partial charge on any atom is -0.341 e. The van der Waals surface area contributed by atoms with Crippen molar-refractivity contribution in [2.24, 2.45) is 0 Å². The Balaban J connectivity index is 1.92. The molecule has 3 heteroatoms.